The average Bonchev–Trinajstić information content (AvgIpc) is 2.57. The summed E-state index contributed by atoms with van der Waals surface area (Å²) in [6.45, 7) is 5.82. The van der Waals surface area contributed by atoms with Gasteiger partial charge in [-0.15, -0.1) is 0 Å². The summed E-state index contributed by atoms with van der Waals surface area (Å²) in [5.41, 5.74) is 1.58. The minimum Gasteiger partial charge on any atom is -0.308 e. The van der Waals surface area contributed by atoms with Crippen LogP contribution in [0.4, 0.5) is 5.82 Å². The Labute approximate surface area is 144 Å². The molecule has 7 heteroatoms. The van der Waals surface area contributed by atoms with E-state index < -0.39 is 0 Å². The van der Waals surface area contributed by atoms with Crippen LogP contribution >= 0.6 is 0 Å². The van der Waals surface area contributed by atoms with Crippen LogP contribution in [0.15, 0.2) is 41.6 Å². The molecule has 2 heterocycles. The Morgan fingerprint density at radius 1 is 1.24 bits per heavy atom. The lowest BCUT2D eigenvalue weighted by atomic mass is 10.0. The topological polar surface area (TPSA) is 89.8 Å². The first-order chi connectivity index (χ1) is 12.0. The number of hydrogen-bond acceptors (Lipinski definition) is 5. The Hall–Kier alpha value is -3.09. The molecule has 25 heavy (non-hydrogen) atoms. The van der Waals surface area contributed by atoms with Gasteiger partial charge < -0.3 is 5.32 Å². The fourth-order valence-corrected chi connectivity index (χ4v) is 2.64. The molecule has 7 nitrogen and oxygen atoms in total. The summed E-state index contributed by atoms with van der Waals surface area (Å²) in [4.78, 5) is 32.8. The zero-order valence-corrected chi connectivity index (χ0v) is 14.4. The van der Waals surface area contributed by atoms with Crippen molar-refractivity contribution < 1.29 is 4.79 Å². The second-order valence-electron chi connectivity index (χ2n) is 6.19. The number of amides is 1. The SMILES string of the molecule is Cc1ccc2c(=O)n(CC(=O)Nc3cnccn3)nc(C(C)C)c2c1. The van der Waals surface area contributed by atoms with Crippen molar-refractivity contribution in [2.75, 3.05) is 5.32 Å². The molecule has 0 bridgehead atoms. The molecule has 0 saturated heterocycles. The zero-order valence-electron chi connectivity index (χ0n) is 14.4. The number of fused-ring (bicyclic) bond motifs is 1. The van der Waals surface area contributed by atoms with Gasteiger partial charge in [-0.3, -0.25) is 14.6 Å². The second-order valence-corrected chi connectivity index (χ2v) is 6.19. The number of carbonyl (C=O) groups excluding carboxylic acids is 1. The molecule has 0 unspecified atom stereocenters. The van der Waals surface area contributed by atoms with Crippen LogP contribution in [0.3, 0.4) is 0 Å². The van der Waals surface area contributed by atoms with E-state index in [9.17, 15) is 9.59 Å². The molecule has 1 N–H and O–H groups in total. The van der Waals surface area contributed by atoms with Crippen molar-refractivity contribution in [2.24, 2.45) is 0 Å². The third kappa shape index (κ3) is 3.55. The molecule has 1 aromatic carbocycles. The van der Waals surface area contributed by atoms with E-state index in [4.69, 9.17) is 0 Å². The summed E-state index contributed by atoms with van der Waals surface area (Å²) in [7, 11) is 0. The van der Waals surface area contributed by atoms with Gasteiger partial charge in [0.15, 0.2) is 5.82 Å². The quantitative estimate of drug-likeness (QED) is 0.789. The Morgan fingerprint density at radius 2 is 2.04 bits per heavy atom. The summed E-state index contributed by atoms with van der Waals surface area (Å²) < 4.78 is 1.21. The van der Waals surface area contributed by atoms with Crippen molar-refractivity contribution in [2.45, 2.75) is 33.2 Å². The Balaban J connectivity index is 1.99. The molecule has 1 amide bonds. The molecule has 0 radical (unpaired) electrons. The Kier molecular flexibility index (Phi) is 4.56. The van der Waals surface area contributed by atoms with Crippen LogP contribution in [0, 0.1) is 6.92 Å². The van der Waals surface area contributed by atoms with Crippen LogP contribution in [0.5, 0.6) is 0 Å². The summed E-state index contributed by atoms with van der Waals surface area (Å²) in [5.74, 6) is 0.0801. The largest absolute Gasteiger partial charge is 0.308 e. The highest BCUT2D eigenvalue weighted by atomic mass is 16.2. The van der Waals surface area contributed by atoms with Crippen LogP contribution < -0.4 is 10.9 Å². The standard InChI is InChI=1S/C18H19N5O2/c1-11(2)17-14-8-12(3)4-5-13(14)18(25)23(22-17)10-16(24)21-15-9-19-6-7-20-15/h4-9,11H,10H2,1-3H3,(H,20,21,24). The normalized spacial score (nSPS) is 11.0. The molecule has 0 aliphatic rings. The summed E-state index contributed by atoms with van der Waals surface area (Å²) in [5, 5.41) is 8.45. The Bertz CT molecular complexity index is 980. The van der Waals surface area contributed by atoms with Crippen molar-refractivity contribution in [3.8, 4) is 0 Å². The van der Waals surface area contributed by atoms with Gasteiger partial charge in [0.05, 0.1) is 17.3 Å². The molecule has 3 aromatic rings. The first-order valence-electron chi connectivity index (χ1n) is 8.03. The minimum absolute atomic E-state index is 0.124. The van der Waals surface area contributed by atoms with Crippen LogP contribution in [-0.2, 0) is 11.3 Å². The summed E-state index contributed by atoms with van der Waals surface area (Å²) in [6.07, 6.45) is 4.44. The van der Waals surface area contributed by atoms with Gasteiger partial charge >= 0.3 is 0 Å². The highest BCUT2D eigenvalue weighted by Crippen LogP contribution is 2.22. The van der Waals surface area contributed by atoms with Gasteiger partial charge in [-0.05, 0) is 25.0 Å². The fourth-order valence-electron chi connectivity index (χ4n) is 2.64. The number of anilines is 1. The molecule has 128 valence electrons. The third-order valence-electron chi connectivity index (χ3n) is 3.82. The van der Waals surface area contributed by atoms with Gasteiger partial charge in [0, 0.05) is 17.8 Å². The highest BCUT2D eigenvalue weighted by Gasteiger charge is 2.15. The number of rotatable bonds is 4. The maximum atomic E-state index is 12.7. The fraction of sp³-hybridized carbons (Fsp3) is 0.278. The van der Waals surface area contributed by atoms with Crippen molar-refractivity contribution in [1.29, 1.82) is 0 Å². The molecule has 2 aromatic heterocycles. The number of carbonyl (C=O) groups is 1. The summed E-state index contributed by atoms with van der Waals surface area (Å²) in [6, 6.07) is 5.64. The monoisotopic (exact) mass is 337 g/mol. The lowest BCUT2D eigenvalue weighted by Crippen LogP contribution is -2.31. The maximum absolute atomic E-state index is 12.7. The lowest BCUT2D eigenvalue weighted by Gasteiger charge is -2.13. The van der Waals surface area contributed by atoms with Crippen molar-refractivity contribution in [1.82, 2.24) is 19.7 Å². The van der Waals surface area contributed by atoms with Crippen LogP contribution in [0.2, 0.25) is 0 Å². The summed E-state index contributed by atoms with van der Waals surface area (Å²) >= 11 is 0. The van der Waals surface area contributed by atoms with Crippen molar-refractivity contribution >= 4 is 22.5 Å². The van der Waals surface area contributed by atoms with Gasteiger partial charge in [0.25, 0.3) is 5.56 Å². The lowest BCUT2D eigenvalue weighted by molar-refractivity contribution is -0.117. The molecule has 0 saturated carbocycles. The molecule has 3 rings (SSSR count). The molecule has 0 spiro atoms. The number of aryl methyl sites for hydroxylation is 1. The molecule has 0 aliphatic carbocycles. The smallest absolute Gasteiger partial charge is 0.275 e. The average molecular weight is 337 g/mol. The van der Waals surface area contributed by atoms with Crippen molar-refractivity contribution in [3.05, 3.63) is 58.4 Å². The molecule has 0 aliphatic heterocycles. The zero-order chi connectivity index (χ0) is 18.0. The van der Waals surface area contributed by atoms with E-state index >= 15 is 0 Å². The van der Waals surface area contributed by atoms with Crippen molar-refractivity contribution in [3.63, 3.8) is 0 Å². The minimum atomic E-state index is -0.378. The number of benzene rings is 1. The number of nitrogens with zero attached hydrogens (tertiary/aromatic N) is 4. The van der Waals surface area contributed by atoms with Gasteiger partial charge in [-0.25, -0.2) is 9.67 Å². The van der Waals surface area contributed by atoms with Gasteiger partial charge in [-0.2, -0.15) is 5.10 Å². The van der Waals surface area contributed by atoms with Crippen LogP contribution in [-0.4, -0.2) is 25.7 Å². The number of nitrogens with one attached hydrogen (secondary N) is 1. The predicted molar refractivity (Wildman–Crippen MR) is 95.5 cm³/mol. The van der Waals surface area contributed by atoms with Crippen LogP contribution in [0.1, 0.15) is 31.0 Å². The van der Waals surface area contributed by atoms with Gasteiger partial charge in [0.2, 0.25) is 5.91 Å². The van der Waals surface area contributed by atoms with E-state index in [-0.39, 0.29) is 23.9 Å². The van der Waals surface area contributed by atoms with E-state index in [0.29, 0.717) is 11.2 Å². The third-order valence-corrected chi connectivity index (χ3v) is 3.82. The van der Waals surface area contributed by atoms with Gasteiger partial charge in [-0.1, -0.05) is 25.5 Å². The maximum Gasteiger partial charge on any atom is 0.275 e. The molecular weight excluding hydrogens is 318 g/mol. The Morgan fingerprint density at radius 3 is 2.72 bits per heavy atom. The number of aromatic nitrogens is 4. The van der Waals surface area contributed by atoms with E-state index in [2.05, 4.69) is 20.4 Å². The number of hydrogen-bond donors (Lipinski definition) is 1. The van der Waals surface area contributed by atoms with E-state index in [1.54, 1.807) is 6.07 Å². The van der Waals surface area contributed by atoms with E-state index in [0.717, 1.165) is 16.6 Å². The highest BCUT2D eigenvalue weighted by molar-refractivity contribution is 5.90. The first-order valence-corrected chi connectivity index (χ1v) is 8.03. The molecular formula is C18H19N5O2. The van der Waals surface area contributed by atoms with E-state index in [1.807, 2.05) is 32.9 Å². The van der Waals surface area contributed by atoms with Gasteiger partial charge in [0.1, 0.15) is 6.54 Å². The first kappa shape index (κ1) is 16.8. The molecule has 0 fully saturated rings. The second kappa shape index (κ2) is 6.80. The molecule has 0 atom stereocenters. The van der Waals surface area contributed by atoms with Crippen LogP contribution in [0.25, 0.3) is 10.8 Å². The predicted octanol–water partition coefficient (Wildman–Crippen LogP) is 2.26. The van der Waals surface area contributed by atoms with E-state index in [1.165, 1.54) is 23.3 Å².